The summed E-state index contributed by atoms with van der Waals surface area (Å²) in [5, 5.41) is 0. The molecule has 0 amide bonds. The van der Waals surface area contributed by atoms with E-state index in [1.807, 2.05) is 6.07 Å². The summed E-state index contributed by atoms with van der Waals surface area (Å²) in [6.07, 6.45) is -3.38. The molecule has 0 radical (unpaired) electrons. The molecule has 3 atom stereocenters. The van der Waals surface area contributed by atoms with Gasteiger partial charge in [0.2, 0.25) is 0 Å². The molecular weight excluding hydrogens is 192 g/mol. The van der Waals surface area contributed by atoms with E-state index in [0.717, 1.165) is 0 Å². The van der Waals surface area contributed by atoms with Gasteiger partial charge in [0, 0.05) is 6.85 Å². The van der Waals surface area contributed by atoms with Crippen LogP contribution in [0, 0.1) is 0 Å². The van der Waals surface area contributed by atoms with Gasteiger partial charge in [0.25, 0.3) is 0 Å². The van der Waals surface area contributed by atoms with Crippen LogP contribution in [-0.2, 0) is 0 Å². The molecule has 0 nitrogen and oxygen atoms in total. The zero-order valence-corrected chi connectivity index (χ0v) is 8.85. The van der Waals surface area contributed by atoms with Crippen molar-refractivity contribution in [2.75, 3.05) is 0 Å². The zero-order chi connectivity index (χ0) is 15.3. The predicted molar refractivity (Wildman–Crippen MR) is 67.6 cm³/mol. The van der Waals surface area contributed by atoms with Crippen LogP contribution in [0.25, 0.3) is 0 Å². The molecule has 0 aliphatic heterocycles. The molecule has 1 saturated carbocycles. The van der Waals surface area contributed by atoms with E-state index in [4.69, 9.17) is 6.85 Å². The lowest BCUT2D eigenvalue weighted by Crippen LogP contribution is -2.21. The zero-order valence-electron chi connectivity index (χ0n) is 13.9. The fourth-order valence-electron chi connectivity index (χ4n) is 1.91. The first-order chi connectivity index (χ1) is 9.87. The average molecular weight is 213 g/mol. The summed E-state index contributed by atoms with van der Waals surface area (Å²) < 4.78 is 41.9. The van der Waals surface area contributed by atoms with Gasteiger partial charge in [-0.2, -0.15) is 0 Å². The number of benzene rings is 2. The van der Waals surface area contributed by atoms with Gasteiger partial charge < -0.3 is 0 Å². The molecule has 0 heterocycles. The van der Waals surface area contributed by atoms with Crippen LogP contribution in [0.4, 0.5) is 0 Å². The Bertz CT molecular complexity index is 642. The largest absolute Gasteiger partial charge is 0.0622 e. The third-order valence-electron chi connectivity index (χ3n) is 2.78. The molecule has 0 N–H and O–H groups in total. The minimum absolute atomic E-state index is 0.442. The lowest BCUT2D eigenvalue weighted by atomic mass is 9.67. The van der Waals surface area contributed by atoms with E-state index in [9.17, 15) is 0 Å². The first-order valence-electron chi connectivity index (χ1n) is 7.98. The smallest absolute Gasteiger partial charge is 0.0359 e. The van der Waals surface area contributed by atoms with Crippen LogP contribution in [0.1, 0.15) is 42.5 Å². The van der Waals surface area contributed by atoms with Gasteiger partial charge in [-0.15, -0.1) is 0 Å². The molecule has 80 valence electrons. The average Bonchev–Trinajstić information content (AvgIpc) is 2.54. The van der Waals surface area contributed by atoms with Crippen molar-refractivity contribution in [1.29, 1.82) is 0 Å². The molecule has 16 heavy (non-hydrogen) atoms. The Labute approximate surface area is 104 Å². The molecule has 1 fully saturated rings. The highest BCUT2D eigenvalue weighted by molar-refractivity contribution is 5.31. The summed E-state index contributed by atoms with van der Waals surface area (Å²) in [4.78, 5) is 0. The summed E-state index contributed by atoms with van der Waals surface area (Å²) in [6.45, 7) is 0. The summed E-state index contributed by atoms with van der Waals surface area (Å²) in [6, 6.07) is 17.4. The molecule has 1 aliphatic carbocycles. The Morgan fingerprint density at radius 3 is 1.88 bits per heavy atom. The van der Waals surface area contributed by atoms with Crippen molar-refractivity contribution >= 4 is 0 Å². The van der Waals surface area contributed by atoms with E-state index in [-0.39, 0.29) is 0 Å². The van der Waals surface area contributed by atoms with Gasteiger partial charge in [0.1, 0.15) is 0 Å². The second-order valence-electron chi connectivity index (χ2n) is 3.81. The second kappa shape index (κ2) is 4.13. The third kappa shape index (κ3) is 1.65. The Hall–Kier alpha value is -1.56. The van der Waals surface area contributed by atoms with E-state index in [1.165, 1.54) is 0 Å². The summed E-state index contributed by atoms with van der Waals surface area (Å²) in [5.41, 5.74) is 0.955. The van der Waals surface area contributed by atoms with Crippen molar-refractivity contribution in [2.45, 2.75) is 24.6 Å². The van der Waals surface area contributed by atoms with Crippen LogP contribution < -0.4 is 0 Å². The monoisotopic (exact) mass is 213 g/mol. The molecule has 0 spiro atoms. The number of hydrogen-bond donors (Lipinski definition) is 0. The van der Waals surface area contributed by atoms with Gasteiger partial charge in [0.05, 0.1) is 0 Å². The van der Waals surface area contributed by atoms with E-state index in [1.54, 1.807) is 54.6 Å². The highest BCUT2D eigenvalue weighted by Crippen LogP contribution is 2.48. The Morgan fingerprint density at radius 1 is 0.812 bits per heavy atom. The van der Waals surface area contributed by atoms with Gasteiger partial charge in [-0.1, -0.05) is 60.7 Å². The summed E-state index contributed by atoms with van der Waals surface area (Å²) in [5.74, 6) is -3.42. The van der Waals surface area contributed by atoms with Gasteiger partial charge in [-0.3, -0.25) is 0 Å². The van der Waals surface area contributed by atoms with Crippen molar-refractivity contribution in [3.63, 3.8) is 0 Å². The van der Waals surface area contributed by atoms with E-state index in [2.05, 4.69) is 0 Å². The number of hydrogen-bond acceptors (Lipinski definition) is 0. The third-order valence-corrected chi connectivity index (χ3v) is 2.78. The second-order valence-corrected chi connectivity index (χ2v) is 3.81. The first kappa shape index (κ1) is 5.67. The Kier molecular flexibility index (Phi) is 1.46. The van der Waals surface area contributed by atoms with Crippen molar-refractivity contribution < 1.29 is 6.85 Å². The van der Waals surface area contributed by atoms with Crippen LogP contribution in [0.2, 0.25) is 0 Å². The lowest BCUT2D eigenvalue weighted by Gasteiger charge is -2.37. The van der Waals surface area contributed by atoms with Crippen LogP contribution in [0.3, 0.4) is 0 Å². The highest BCUT2D eigenvalue weighted by Gasteiger charge is 2.32. The van der Waals surface area contributed by atoms with Crippen LogP contribution in [0.5, 0.6) is 0 Å². The van der Waals surface area contributed by atoms with Crippen LogP contribution in [0.15, 0.2) is 60.7 Å². The highest BCUT2D eigenvalue weighted by atomic mass is 14.4. The minimum Gasteiger partial charge on any atom is -0.0622 e. The molecule has 3 rings (SSSR count). The van der Waals surface area contributed by atoms with Crippen molar-refractivity contribution in [2.24, 2.45) is 0 Å². The van der Waals surface area contributed by atoms with E-state index in [0.29, 0.717) is 11.1 Å². The van der Waals surface area contributed by atoms with E-state index < -0.39 is 24.6 Å². The molecule has 0 saturated heterocycles. The molecular formula is C16H16. The standard InChI is InChI=1S/C16H16/c1-3-7-13(8-4-1)15-11-12-16(15)14-9-5-2-6-10-14/h1-10,15-16H,11-12H2/t15-,16-/m0/s1/i11D,12D2,15D,16D/t11?,15-,16-. The molecule has 1 aliphatic rings. The van der Waals surface area contributed by atoms with Crippen LogP contribution in [-0.4, -0.2) is 0 Å². The normalized spacial score (nSPS) is 45.2. The fourth-order valence-corrected chi connectivity index (χ4v) is 1.91. The maximum Gasteiger partial charge on any atom is 0.0359 e. The van der Waals surface area contributed by atoms with E-state index >= 15 is 0 Å². The molecule has 0 heteroatoms. The summed E-state index contributed by atoms with van der Waals surface area (Å²) in [7, 11) is 0. The SMILES string of the molecule is [2H]C1C([2H])([2H])[C@@]([2H])(c2ccccc2)[C@]1([2H])c1ccccc1. The van der Waals surface area contributed by atoms with Gasteiger partial charge >= 0.3 is 0 Å². The molecule has 1 unspecified atom stereocenters. The topological polar surface area (TPSA) is 0 Å². The predicted octanol–water partition coefficient (Wildman–Crippen LogP) is 4.35. The van der Waals surface area contributed by atoms with Gasteiger partial charge in [-0.05, 0) is 35.7 Å². The maximum atomic E-state index is 8.74. The molecule has 0 bridgehead atoms. The maximum absolute atomic E-state index is 8.74. The first-order valence-corrected chi connectivity index (χ1v) is 5.40. The lowest BCUT2D eigenvalue weighted by molar-refractivity contribution is 0.346. The van der Waals surface area contributed by atoms with Crippen molar-refractivity contribution in [3.05, 3.63) is 71.8 Å². The minimum atomic E-state index is -2.08. The number of rotatable bonds is 2. The fraction of sp³-hybridized carbons (Fsp3) is 0.250. The summed E-state index contributed by atoms with van der Waals surface area (Å²) >= 11 is 0. The molecule has 2 aromatic carbocycles. The molecule has 0 aromatic heterocycles. The van der Waals surface area contributed by atoms with Gasteiger partial charge in [0.15, 0.2) is 0 Å². The molecule has 2 aromatic rings. The van der Waals surface area contributed by atoms with Crippen molar-refractivity contribution in [1.82, 2.24) is 0 Å². The Balaban J connectivity index is 2.21. The Morgan fingerprint density at radius 2 is 1.31 bits per heavy atom. The van der Waals surface area contributed by atoms with Crippen molar-refractivity contribution in [3.8, 4) is 0 Å². The van der Waals surface area contributed by atoms with Crippen LogP contribution >= 0.6 is 0 Å². The quantitative estimate of drug-likeness (QED) is 0.696. The van der Waals surface area contributed by atoms with Gasteiger partial charge in [-0.25, -0.2) is 0 Å².